The second-order valence-corrected chi connectivity index (χ2v) is 2.10. The molecule has 0 bridgehead atoms. The molecule has 1 aromatic rings. The van der Waals surface area contributed by atoms with Crippen LogP contribution in [-0.2, 0) is 0 Å². The van der Waals surface area contributed by atoms with E-state index in [1.54, 1.807) is 0 Å². The fourth-order valence-electron chi connectivity index (χ4n) is 0.741. The van der Waals surface area contributed by atoms with Crippen LogP contribution in [-0.4, -0.2) is 6.98 Å². The van der Waals surface area contributed by atoms with E-state index in [2.05, 4.69) is 0 Å². The van der Waals surface area contributed by atoms with Crippen molar-refractivity contribution in [2.75, 3.05) is 0 Å². The summed E-state index contributed by atoms with van der Waals surface area (Å²) in [6.07, 6.45) is 0. The number of rotatable bonds is 1. The smallest absolute Gasteiger partial charge is 0.445 e. The van der Waals surface area contributed by atoms with Gasteiger partial charge in [-0.2, -0.15) is 0 Å². The zero-order valence-corrected chi connectivity index (χ0v) is 9.52. The van der Waals surface area contributed by atoms with E-state index < -0.39 is 18.3 Å². The Morgan fingerprint density at radius 2 is 1.50 bits per heavy atom. The van der Waals surface area contributed by atoms with Crippen molar-refractivity contribution in [3.8, 4) is 0 Å². The van der Waals surface area contributed by atoms with E-state index in [4.69, 9.17) is 0 Å². The minimum Gasteiger partial charge on any atom is -0.445 e. The average molecular weight is 202 g/mol. The molecule has 0 radical (unpaired) electrons. The molecule has 0 aromatic heterocycles. The molecule has 1 aromatic carbocycles. The minimum atomic E-state index is -5.20. The third kappa shape index (κ3) is 3.18. The molecular weight excluding hydrogens is 198 g/mol. The van der Waals surface area contributed by atoms with E-state index in [1.807, 2.05) is 0 Å². The first-order valence-corrected chi connectivity index (χ1v) is 2.96. The fraction of sp³-hybridized carbons (Fsp3) is 0. The van der Waals surface area contributed by atoms with Crippen LogP contribution >= 0.6 is 0 Å². The van der Waals surface area contributed by atoms with Crippen molar-refractivity contribution >= 4 is 12.4 Å². The molecule has 0 nitrogen and oxygen atoms in total. The van der Waals surface area contributed by atoms with Crippen molar-refractivity contribution in [2.45, 2.75) is 0 Å². The zero-order valence-electron chi connectivity index (χ0n) is 6.40. The van der Waals surface area contributed by atoms with Gasteiger partial charge in [0.05, 0.1) is 5.82 Å². The van der Waals surface area contributed by atoms with Crippen molar-refractivity contribution in [2.24, 2.45) is 0 Å². The Labute approximate surface area is 110 Å². The van der Waals surface area contributed by atoms with Crippen LogP contribution in [0.1, 0.15) is 0 Å². The molecule has 0 amide bonds. The minimum absolute atomic E-state index is 0. The molecule has 60 valence electrons. The predicted octanol–water partition coefficient (Wildman–Crippen LogP) is -1.12. The van der Waals surface area contributed by atoms with E-state index in [1.165, 1.54) is 6.07 Å². The molecular formula is C6H4BF4K. The molecule has 6 heteroatoms. The predicted molar refractivity (Wildman–Crippen MR) is 35.1 cm³/mol. The van der Waals surface area contributed by atoms with Crippen molar-refractivity contribution in [1.82, 2.24) is 0 Å². The molecule has 0 N–H and O–H groups in total. The van der Waals surface area contributed by atoms with Gasteiger partial charge in [0, 0.05) is 0 Å². The van der Waals surface area contributed by atoms with Crippen LogP contribution in [0, 0.1) is 5.82 Å². The Kier molecular flexibility index (Phi) is 5.01. The van der Waals surface area contributed by atoms with Crippen molar-refractivity contribution in [3.05, 3.63) is 30.1 Å². The van der Waals surface area contributed by atoms with Gasteiger partial charge < -0.3 is 12.9 Å². The van der Waals surface area contributed by atoms with E-state index >= 15 is 0 Å². The molecule has 0 saturated carbocycles. The first kappa shape index (κ1) is 12.6. The second kappa shape index (κ2) is 4.76. The number of halogens is 4. The summed E-state index contributed by atoms with van der Waals surface area (Å²) in [4.78, 5) is 0. The van der Waals surface area contributed by atoms with Crippen LogP contribution in [0.15, 0.2) is 24.3 Å². The summed E-state index contributed by atoms with van der Waals surface area (Å²) < 4.78 is 48.0. The molecule has 12 heavy (non-hydrogen) atoms. The Balaban J connectivity index is 0.00000121. The SMILES string of the molecule is Fc1ccccc1[B-](F)(F)F.[K+]. The number of benzene rings is 1. The molecule has 0 atom stereocenters. The molecule has 0 aliphatic rings. The van der Waals surface area contributed by atoms with Gasteiger partial charge in [-0.25, -0.2) is 4.39 Å². The Hall–Kier alpha value is 0.641. The van der Waals surface area contributed by atoms with E-state index in [-0.39, 0.29) is 51.4 Å². The summed E-state index contributed by atoms with van der Waals surface area (Å²) >= 11 is 0. The van der Waals surface area contributed by atoms with Gasteiger partial charge in [-0.3, -0.25) is 0 Å². The van der Waals surface area contributed by atoms with Crippen LogP contribution in [0.5, 0.6) is 0 Å². The third-order valence-electron chi connectivity index (χ3n) is 1.26. The first-order valence-electron chi connectivity index (χ1n) is 2.96. The van der Waals surface area contributed by atoms with Crippen molar-refractivity contribution in [3.63, 3.8) is 0 Å². The standard InChI is InChI=1S/C6H4BF4.K/c8-6-4-2-1-3-5(6)7(9,10)11;/h1-4H;/q-1;+1. The zero-order chi connectivity index (χ0) is 8.48. The maximum Gasteiger partial charge on any atom is 1.00 e. The van der Waals surface area contributed by atoms with Gasteiger partial charge >= 0.3 is 58.4 Å². The Morgan fingerprint density at radius 3 is 1.83 bits per heavy atom. The molecule has 0 fully saturated rings. The van der Waals surface area contributed by atoms with Gasteiger partial charge in [0.1, 0.15) is 0 Å². The van der Waals surface area contributed by atoms with Crippen LogP contribution in [0.4, 0.5) is 17.3 Å². The van der Waals surface area contributed by atoms with Crippen LogP contribution in [0.3, 0.4) is 0 Å². The van der Waals surface area contributed by atoms with Crippen molar-refractivity contribution in [1.29, 1.82) is 0 Å². The van der Waals surface area contributed by atoms with Gasteiger partial charge in [-0.05, 0) is 6.07 Å². The molecule has 0 saturated heterocycles. The van der Waals surface area contributed by atoms with E-state index in [9.17, 15) is 17.3 Å². The largest absolute Gasteiger partial charge is 1.00 e. The fourth-order valence-corrected chi connectivity index (χ4v) is 0.741. The van der Waals surface area contributed by atoms with E-state index in [0.717, 1.165) is 18.2 Å². The monoisotopic (exact) mass is 202 g/mol. The maximum absolute atomic E-state index is 12.4. The summed E-state index contributed by atoms with van der Waals surface area (Å²) in [7, 11) is 0. The number of hydrogen-bond acceptors (Lipinski definition) is 0. The molecule has 1 rings (SSSR count). The Bertz CT molecular complexity index is 260. The molecule has 0 heterocycles. The molecule has 0 spiro atoms. The summed E-state index contributed by atoms with van der Waals surface area (Å²) in [6.45, 7) is -5.20. The first-order chi connectivity index (χ1) is 5.02. The molecule has 0 unspecified atom stereocenters. The van der Waals surface area contributed by atoms with Gasteiger partial charge in [0.2, 0.25) is 0 Å². The van der Waals surface area contributed by atoms with E-state index in [0.29, 0.717) is 0 Å². The van der Waals surface area contributed by atoms with Gasteiger partial charge in [0.15, 0.2) is 0 Å². The van der Waals surface area contributed by atoms with Gasteiger partial charge in [-0.15, -0.1) is 0 Å². The normalized spacial score (nSPS) is 10.7. The summed E-state index contributed by atoms with van der Waals surface area (Å²) in [6, 6.07) is 3.91. The summed E-state index contributed by atoms with van der Waals surface area (Å²) in [5.74, 6) is -1.21. The topological polar surface area (TPSA) is 0 Å². The Morgan fingerprint density at radius 1 is 1.00 bits per heavy atom. The number of hydrogen-bond donors (Lipinski definition) is 0. The maximum atomic E-state index is 12.4. The molecule has 0 aliphatic carbocycles. The third-order valence-corrected chi connectivity index (χ3v) is 1.26. The van der Waals surface area contributed by atoms with Gasteiger partial charge in [0.25, 0.3) is 0 Å². The summed E-state index contributed by atoms with van der Waals surface area (Å²) in [5, 5.41) is 0. The quantitative estimate of drug-likeness (QED) is 0.400. The average Bonchev–Trinajstić information content (AvgIpc) is 1.86. The van der Waals surface area contributed by atoms with Crippen molar-refractivity contribution < 1.29 is 68.7 Å². The van der Waals surface area contributed by atoms with Gasteiger partial charge in [-0.1, -0.05) is 23.7 Å². The van der Waals surface area contributed by atoms with Crippen LogP contribution in [0.25, 0.3) is 0 Å². The molecule has 0 aliphatic heterocycles. The summed E-state index contributed by atoms with van der Waals surface area (Å²) in [5.41, 5.74) is -1.16. The second-order valence-electron chi connectivity index (χ2n) is 2.10. The van der Waals surface area contributed by atoms with Crippen LogP contribution in [0.2, 0.25) is 0 Å². The van der Waals surface area contributed by atoms with Crippen LogP contribution < -0.4 is 56.8 Å².